The number of hydrogen-bond donors (Lipinski definition) is 0. The van der Waals surface area contributed by atoms with Crippen LogP contribution >= 0.6 is 0 Å². The molecule has 2 aromatic carbocycles. The quantitative estimate of drug-likeness (QED) is 0.836. The SMILES string of the molecule is Cc1ccc(OCCC(=O)N2CCN(c3ccc(F)cc3)CC2)cc1. The van der Waals surface area contributed by atoms with Gasteiger partial charge in [-0.2, -0.15) is 0 Å². The minimum Gasteiger partial charge on any atom is -0.493 e. The van der Waals surface area contributed by atoms with E-state index in [1.165, 1.54) is 17.7 Å². The first kappa shape index (κ1) is 17.3. The van der Waals surface area contributed by atoms with Crippen LogP contribution in [-0.2, 0) is 4.79 Å². The number of aryl methyl sites for hydroxylation is 1. The molecule has 5 heteroatoms. The van der Waals surface area contributed by atoms with Crippen molar-refractivity contribution in [3.8, 4) is 5.75 Å². The van der Waals surface area contributed by atoms with Gasteiger partial charge in [-0.1, -0.05) is 17.7 Å². The monoisotopic (exact) mass is 342 g/mol. The lowest BCUT2D eigenvalue weighted by atomic mass is 10.2. The molecule has 1 aliphatic heterocycles. The largest absolute Gasteiger partial charge is 0.493 e. The Kier molecular flexibility index (Phi) is 5.53. The Morgan fingerprint density at radius 1 is 1.00 bits per heavy atom. The normalized spacial score (nSPS) is 14.5. The third kappa shape index (κ3) is 4.72. The zero-order valence-electron chi connectivity index (χ0n) is 14.5. The molecule has 0 unspecified atom stereocenters. The lowest BCUT2D eigenvalue weighted by Crippen LogP contribution is -2.49. The maximum Gasteiger partial charge on any atom is 0.226 e. The second kappa shape index (κ2) is 8.01. The second-order valence-corrected chi connectivity index (χ2v) is 6.26. The number of anilines is 1. The zero-order valence-corrected chi connectivity index (χ0v) is 14.5. The fourth-order valence-corrected chi connectivity index (χ4v) is 2.91. The van der Waals surface area contributed by atoms with Crippen LogP contribution < -0.4 is 9.64 Å². The molecule has 1 heterocycles. The fourth-order valence-electron chi connectivity index (χ4n) is 2.91. The Labute approximate surface area is 147 Å². The van der Waals surface area contributed by atoms with Gasteiger partial charge in [-0.15, -0.1) is 0 Å². The highest BCUT2D eigenvalue weighted by Gasteiger charge is 2.21. The smallest absolute Gasteiger partial charge is 0.226 e. The topological polar surface area (TPSA) is 32.8 Å². The number of piperazine rings is 1. The zero-order chi connectivity index (χ0) is 17.6. The van der Waals surface area contributed by atoms with Crippen molar-refractivity contribution < 1.29 is 13.9 Å². The number of amides is 1. The van der Waals surface area contributed by atoms with Crippen molar-refractivity contribution in [1.29, 1.82) is 0 Å². The van der Waals surface area contributed by atoms with Crippen molar-refractivity contribution >= 4 is 11.6 Å². The highest BCUT2D eigenvalue weighted by Crippen LogP contribution is 2.17. The number of nitrogens with zero attached hydrogens (tertiary/aromatic N) is 2. The molecule has 1 fully saturated rings. The molecule has 25 heavy (non-hydrogen) atoms. The van der Waals surface area contributed by atoms with Crippen molar-refractivity contribution in [2.45, 2.75) is 13.3 Å². The first-order valence-electron chi connectivity index (χ1n) is 8.59. The molecule has 0 atom stereocenters. The third-order valence-electron chi connectivity index (χ3n) is 4.43. The Balaban J connectivity index is 1.42. The molecule has 0 aromatic heterocycles. The average molecular weight is 342 g/mol. The van der Waals surface area contributed by atoms with Gasteiger partial charge in [0.1, 0.15) is 11.6 Å². The minimum atomic E-state index is -0.230. The predicted molar refractivity (Wildman–Crippen MR) is 96.5 cm³/mol. The van der Waals surface area contributed by atoms with E-state index in [1.807, 2.05) is 36.1 Å². The van der Waals surface area contributed by atoms with Crippen molar-refractivity contribution in [1.82, 2.24) is 4.90 Å². The molecule has 1 amide bonds. The summed E-state index contributed by atoms with van der Waals surface area (Å²) >= 11 is 0. The Morgan fingerprint density at radius 3 is 2.28 bits per heavy atom. The summed E-state index contributed by atoms with van der Waals surface area (Å²) in [4.78, 5) is 16.4. The highest BCUT2D eigenvalue weighted by molar-refractivity contribution is 5.76. The van der Waals surface area contributed by atoms with E-state index >= 15 is 0 Å². The number of benzene rings is 2. The van der Waals surface area contributed by atoms with Crippen LogP contribution in [0, 0.1) is 12.7 Å². The molecular weight excluding hydrogens is 319 g/mol. The molecule has 1 saturated heterocycles. The number of rotatable bonds is 5. The van der Waals surface area contributed by atoms with Crippen LogP contribution in [0.4, 0.5) is 10.1 Å². The highest BCUT2D eigenvalue weighted by atomic mass is 19.1. The van der Waals surface area contributed by atoms with Gasteiger partial charge in [-0.05, 0) is 43.3 Å². The summed E-state index contributed by atoms with van der Waals surface area (Å²) in [6.45, 7) is 5.30. The van der Waals surface area contributed by atoms with Crippen LogP contribution in [0.3, 0.4) is 0 Å². The van der Waals surface area contributed by atoms with E-state index in [0.717, 1.165) is 24.5 Å². The standard InChI is InChI=1S/C20H23FN2O2/c1-16-2-8-19(9-3-16)25-15-10-20(24)23-13-11-22(12-14-23)18-6-4-17(21)5-7-18/h2-9H,10-15H2,1H3. The number of ether oxygens (including phenoxy) is 1. The van der Waals surface area contributed by atoms with E-state index in [9.17, 15) is 9.18 Å². The lowest BCUT2D eigenvalue weighted by Gasteiger charge is -2.36. The van der Waals surface area contributed by atoms with Gasteiger partial charge in [0.05, 0.1) is 13.0 Å². The van der Waals surface area contributed by atoms with Crippen molar-refractivity contribution in [3.05, 3.63) is 59.9 Å². The summed E-state index contributed by atoms with van der Waals surface area (Å²) in [6.07, 6.45) is 0.379. The van der Waals surface area contributed by atoms with Crippen molar-refractivity contribution in [2.24, 2.45) is 0 Å². The van der Waals surface area contributed by atoms with Crippen LogP contribution in [0.25, 0.3) is 0 Å². The van der Waals surface area contributed by atoms with E-state index in [1.54, 1.807) is 12.1 Å². The molecule has 0 aliphatic carbocycles. The van der Waals surface area contributed by atoms with E-state index < -0.39 is 0 Å². The molecule has 3 rings (SSSR count). The molecule has 132 valence electrons. The number of carbonyl (C=O) groups is 1. The summed E-state index contributed by atoms with van der Waals surface area (Å²) in [7, 11) is 0. The summed E-state index contributed by atoms with van der Waals surface area (Å²) < 4.78 is 18.6. The first-order valence-corrected chi connectivity index (χ1v) is 8.59. The predicted octanol–water partition coefficient (Wildman–Crippen LogP) is 3.25. The van der Waals surface area contributed by atoms with E-state index in [0.29, 0.717) is 26.1 Å². The maximum atomic E-state index is 13.0. The van der Waals surface area contributed by atoms with Gasteiger partial charge in [-0.3, -0.25) is 4.79 Å². The summed E-state index contributed by atoms with van der Waals surface area (Å²) in [5, 5.41) is 0. The van der Waals surface area contributed by atoms with Gasteiger partial charge in [0.15, 0.2) is 0 Å². The van der Waals surface area contributed by atoms with Crippen LogP contribution in [0.2, 0.25) is 0 Å². The van der Waals surface area contributed by atoms with Crippen LogP contribution in [0.5, 0.6) is 5.75 Å². The van der Waals surface area contributed by atoms with Crippen LogP contribution in [-0.4, -0.2) is 43.6 Å². The lowest BCUT2D eigenvalue weighted by molar-refractivity contribution is -0.132. The summed E-state index contributed by atoms with van der Waals surface area (Å²) in [6, 6.07) is 14.3. The second-order valence-electron chi connectivity index (χ2n) is 6.26. The first-order chi connectivity index (χ1) is 12.1. The van der Waals surface area contributed by atoms with Gasteiger partial charge in [0.2, 0.25) is 5.91 Å². The Hall–Kier alpha value is -2.56. The molecule has 0 saturated carbocycles. The Morgan fingerprint density at radius 2 is 1.64 bits per heavy atom. The molecule has 0 N–H and O–H groups in total. The van der Waals surface area contributed by atoms with Crippen LogP contribution in [0.1, 0.15) is 12.0 Å². The molecular formula is C20H23FN2O2. The molecule has 1 aliphatic rings. The fraction of sp³-hybridized carbons (Fsp3) is 0.350. The average Bonchev–Trinajstić information content (AvgIpc) is 2.64. The van der Waals surface area contributed by atoms with Gasteiger partial charge >= 0.3 is 0 Å². The minimum absolute atomic E-state index is 0.117. The molecule has 0 bridgehead atoms. The van der Waals surface area contributed by atoms with Gasteiger partial charge in [-0.25, -0.2) is 4.39 Å². The molecule has 0 radical (unpaired) electrons. The number of hydrogen-bond acceptors (Lipinski definition) is 3. The molecule has 0 spiro atoms. The number of carbonyl (C=O) groups excluding carboxylic acids is 1. The van der Waals surface area contributed by atoms with Crippen molar-refractivity contribution in [3.63, 3.8) is 0 Å². The van der Waals surface area contributed by atoms with Gasteiger partial charge < -0.3 is 14.5 Å². The Bertz CT molecular complexity index is 693. The number of halogens is 1. The van der Waals surface area contributed by atoms with Crippen molar-refractivity contribution in [2.75, 3.05) is 37.7 Å². The van der Waals surface area contributed by atoms with Gasteiger partial charge in [0, 0.05) is 31.9 Å². The van der Waals surface area contributed by atoms with E-state index in [2.05, 4.69) is 4.90 Å². The van der Waals surface area contributed by atoms with Gasteiger partial charge in [0.25, 0.3) is 0 Å². The van der Waals surface area contributed by atoms with Crippen LogP contribution in [0.15, 0.2) is 48.5 Å². The molecule has 2 aromatic rings. The van der Waals surface area contributed by atoms with E-state index in [-0.39, 0.29) is 11.7 Å². The summed E-state index contributed by atoms with van der Waals surface area (Å²) in [5.74, 6) is 0.677. The van der Waals surface area contributed by atoms with E-state index in [4.69, 9.17) is 4.74 Å². The summed E-state index contributed by atoms with van der Waals surface area (Å²) in [5.41, 5.74) is 2.18. The third-order valence-corrected chi connectivity index (χ3v) is 4.43. The molecule has 4 nitrogen and oxygen atoms in total. The maximum absolute atomic E-state index is 13.0.